The van der Waals surface area contributed by atoms with Crippen molar-refractivity contribution in [3.8, 4) is 11.5 Å². The summed E-state index contributed by atoms with van der Waals surface area (Å²) in [6.07, 6.45) is 4.15. The van der Waals surface area contributed by atoms with Crippen LogP contribution >= 0.6 is 0 Å². The van der Waals surface area contributed by atoms with Crippen LogP contribution in [0.2, 0.25) is 0 Å². The Labute approximate surface area is 201 Å². The molecule has 1 N–H and O–H groups in total. The number of likely N-dealkylation sites (tertiary alicyclic amines) is 1. The van der Waals surface area contributed by atoms with Crippen molar-refractivity contribution in [1.82, 2.24) is 25.0 Å². The molecule has 2 saturated heterocycles. The molecule has 188 valence electrons. The molecule has 2 aromatic heterocycles. The fraction of sp³-hybridized carbons (Fsp3) is 0.565. The second-order valence-electron chi connectivity index (χ2n) is 8.87. The number of halogens is 2. The van der Waals surface area contributed by atoms with Crippen LogP contribution in [0.25, 0.3) is 10.9 Å². The molecule has 0 amide bonds. The molecule has 2 fully saturated rings. The van der Waals surface area contributed by atoms with Crippen molar-refractivity contribution in [1.29, 1.82) is 0 Å². The van der Waals surface area contributed by atoms with Crippen LogP contribution in [0.1, 0.15) is 32.1 Å². The molecule has 2 aliphatic rings. The van der Waals surface area contributed by atoms with Crippen molar-refractivity contribution in [2.75, 3.05) is 56.7 Å². The molecule has 0 saturated carbocycles. The van der Waals surface area contributed by atoms with Crippen molar-refractivity contribution in [3.05, 3.63) is 18.5 Å². The van der Waals surface area contributed by atoms with Crippen molar-refractivity contribution in [2.24, 2.45) is 0 Å². The number of aromatic nitrogens is 4. The van der Waals surface area contributed by atoms with E-state index < -0.39 is 5.92 Å². The molecule has 0 bridgehead atoms. The molecular formula is C23H29F2N7O3. The van der Waals surface area contributed by atoms with Gasteiger partial charge in [0, 0.05) is 43.9 Å². The highest BCUT2D eigenvalue weighted by molar-refractivity contribution is 5.93. The maximum Gasteiger partial charge on any atom is 0.268 e. The molecule has 0 atom stereocenters. The number of alkyl halides is 2. The lowest BCUT2D eigenvalue weighted by atomic mass is 10.1. The number of anilines is 3. The van der Waals surface area contributed by atoms with Crippen LogP contribution in [0.5, 0.6) is 11.5 Å². The van der Waals surface area contributed by atoms with E-state index in [0.29, 0.717) is 40.8 Å². The molecule has 2 aliphatic heterocycles. The van der Waals surface area contributed by atoms with Crippen LogP contribution in [0, 0.1) is 0 Å². The summed E-state index contributed by atoms with van der Waals surface area (Å²) >= 11 is 0. The zero-order valence-electron chi connectivity index (χ0n) is 19.7. The summed E-state index contributed by atoms with van der Waals surface area (Å²) in [7, 11) is 1.58. The molecule has 0 unspecified atom stereocenters. The zero-order valence-corrected chi connectivity index (χ0v) is 19.7. The number of piperidine rings is 1. The first-order valence-electron chi connectivity index (χ1n) is 11.9. The Hall–Kier alpha value is -3.28. The number of ether oxygens (including phenoxy) is 2. The van der Waals surface area contributed by atoms with E-state index in [2.05, 4.69) is 30.3 Å². The molecule has 0 spiro atoms. The molecule has 12 heteroatoms. The van der Waals surface area contributed by atoms with Crippen LogP contribution < -0.4 is 19.7 Å². The van der Waals surface area contributed by atoms with Crippen molar-refractivity contribution in [2.45, 2.75) is 38.0 Å². The van der Waals surface area contributed by atoms with Gasteiger partial charge >= 0.3 is 0 Å². The van der Waals surface area contributed by atoms with E-state index >= 15 is 0 Å². The van der Waals surface area contributed by atoms with Gasteiger partial charge in [-0.25, -0.2) is 13.8 Å². The predicted octanol–water partition coefficient (Wildman–Crippen LogP) is 3.87. The average molecular weight is 490 g/mol. The van der Waals surface area contributed by atoms with E-state index in [1.807, 2.05) is 0 Å². The normalized spacial score (nSPS) is 18.2. The van der Waals surface area contributed by atoms with E-state index in [1.54, 1.807) is 24.1 Å². The molecule has 0 aliphatic carbocycles. The average Bonchev–Trinajstić information content (AvgIpc) is 3.56. The van der Waals surface area contributed by atoms with Crippen LogP contribution in [-0.2, 0) is 0 Å². The van der Waals surface area contributed by atoms with Crippen LogP contribution in [0.4, 0.5) is 26.5 Å². The van der Waals surface area contributed by atoms with Gasteiger partial charge in [0.15, 0.2) is 11.5 Å². The largest absolute Gasteiger partial charge is 0.493 e. The van der Waals surface area contributed by atoms with E-state index in [9.17, 15) is 8.78 Å². The highest BCUT2D eigenvalue weighted by Gasteiger charge is 2.35. The van der Waals surface area contributed by atoms with Gasteiger partial charge in [0.2, 0.25) is 12.3 Å². The van der Waals surface area contributed by atoms with Gasteiger partial charge in [-0.2, -0.15) is 9.97 Å². The Balaban J connectivity index is 1.42. The van der Waals surface area contributed by atoms with E-state index in [4.69, 9.17) is 14.0 Å². The summed E-state index contributed by atoms with van der Waals surface area (Å²) in [6, 6.07) is 3.59. The third-order valence-corrected chi connectivity index (χ3v) is 6.41. The number of fused-ring (bicyclic) bond motifs is 1. The lowest BCUT2D eigenvalue weighted by Gasteiger charge is -2.32. The van der Waals surface area contributed by atoms with Gasteiger partial charge in [-0.05, 0) is 43.6 Å². The SMILES string of the molecule is COc1cc2c(Nc3ncon3)nc(N3CCC(F)(F)CC3)nc2cc1OCCCN1CCCC1. The molecule has 1 aromatic carbocycles. The summed E-state index contributed by atoms with van der Waals surface area (Å²) in [6.45, 7) is 4.17. The zero-order chi connectivity index (χ0) is 24.3. The molecule has 4 heterocycles. The Morgan fingerprint density at radius 1 is 1.09 bits per heavy atom. The Bertz CT molecular complexity index is 1130. The minimum absolute atomic E-state index is 0.163. The van der Waals surface area contributed by atoms with Crippen molar-refractivity contribution in [3.63, 3.8) is 0 Å². The standard InChI is InChI=1S/C23H29F2N7O3/c1-33-18-13-16-17(14-19(18)34-12-4-9-31-7-2-3-8-31)27-22(32-10-5-23(24,25)6-11-32)29-20(16)28-21-26-15-35-30-21/h13-15H,2-12H2,1H3,(H,27,28,29,30). The van der Waals surface area contributed by atoms with Gasteiger partial charge in [0.25, 0.3) is 11.9 Å². The molecular weight excluding hydrogens is 460 g/mol. The Kier molecular flexibility index (Phi) is 6.80. The Morgan fingerprint density at radius 3 is 2.60 bits per heavy atom. The smallest absolute Gasteiger partial charge is 0.268 e. The summed E-state index contributed by atoms with van der Waals surface area (Å²) in [5, 5.41) is 7.48. The molecule has 5 rings (SSSR count). The first-order valence-corrected chi connectivity index (χ1v) is 11.9. The van der Waals surface area contributed by atoms with Crippen molar-refractivity contribution >= 4 is 28.6 Å². The number of benzene rings is 1. The predicted molar refractivity (Wildman–Crippen MR) is 126 cm³/mol. The van der Waals surface area contributed by atoms with Gasteiger partial charge in [0.05, 0.1) is 19.2 Å². The lowest BCUT2D eigenvalue weighted by Crippen LogP contribution is -2.40. The van der Waals surface area contributed by atoms with Crippen LogP contribution in [0.3, 0.4) is 0 Å². The minimum Gasteiger partial charge on any atom is -0.493 e. The number of methoxy groups -OCH3 is 1. The number of rotatable bonds is 9. The van der Waals surface area contributed by atoms with Gasteiger partial charge in [-0.3, -0.25) is 0 Å². The third kappa shape index (κ3) is 5.53. The number of hydrogen-bond acceptors (Lipinski definition) is 10. The van der Waals surface area contributed by atoms with Gasteiger partial charge in [-0.15, -0.1) is 0 Å². The monoisotopic (exact) mass is 489 g/mol. The lowest BCUT2D eigenvalue weighted by molar-refractivity contribution is -0.0222. The van der Waals surface area contributed by atoms with E-state index in [1.165, 1.54) is 19.2 Å². The first kappa shape index (κ1) is 23.5. The van der Waals surface area contributed by atoms with Gasteiger partial charge in [-0.1, -0.05) is 0 Å². The molecule has 3 aromatic rings. The molecule has 0 radical (unpaired) electrons. The maximum absolute atomic E-state index is 13.7. The number of hydrogen-bond donors (Lipinski definition) is 1. The quantitative estimate of drug-likeness (QED) is 0.446. The highest BCUT2D eigenvalue weighted by atomic mass is 19.3. The fourth-order valence-corrected chi connectivity index (χ4v) is 4.48. The Morgan fingerprint density at radius 2 is 1.89 bits per heavy atom. The third-order valence-electron chi connectivity index (χ3n) is 6.41. The van der Waals surface area contributed by atoms with Gasteiger partial charge < -0.3 is 29.1 Å². The summed E-state index contributed by atoms with van der Waals surface area (Å²) in [4.78, 5) is 17.5. The second kappa shape index (κ2) is 10.1. The molecule has 10 nitrogen and oxygen atoms in total. The molecule has 35 heavy (non-hydrogen) atoms. The first-order chi connectivity index (χ1) is 17.0. The second-order valence-corrected chi connectivity index (χ2v) is 8.87. The minimum atomic E-state index is -2.66. The summed E-state index contributed by atoms with van der Waals surface area (Å²) in [5.41, 5.74) is 0.591. The number of nitrogens with zero attached hydrogens (tertiary/aromatic N) is 6. The van der Waals surface area contributed by atoms with Crippen LogP contribution in [0.15, 0.2) is 23.0 Å². The summed E-state index contributed by atoms with van der Waals surface area (Å²) < 4.78 is 43.9. The highest BCUT2D eigenvalue weighted by Crippen LogP contribution is 2.37. The maximum atomic E-state index is 13.7. The topological polar surface area (TPSA) is 102 Å². The van der Waals surface area contributed by atoms with E-state index in [-0.39, 0.29) is 31.9 Å². The summed E-state index contributed by atoms with van der Waals surface area (Å²) in [5.74, 6) is -0.553. The van der Waals surface area contributed by atoms with Crippen LogP contribution in [-0.4, -0.2) is 77.4 Å². The fourth-order valence-electron chi connectivity index (χ4n) is 4.48. The number of nitrogens with one attached hydrogen (secondary N) is 1. The van der Waals surface area contributed by atoms with Gasteiger partial charge in [0.1, 0.15) is 5.82 Å². The van der Waals surface area contributed by atoms with Crippen molar-refractivity contribution < 1.29 is 22.8 Å². The van der Waals surface area contributed by atoms with E-state index in [0.717, 1.165) is 26.1 Å².